The number of rotatable bonds is 5. The molecule has 0 atom stereocenters. The van der Waals surface area contributed by atoms with Crippen LogP contribution < -0.4 is 0 Å². The first kappa shape index (κ1) is 11.9. The van der Waals surface area contributed by atoms with Crippen LogP contribution in [0.15, 0.2) is 174 Å². The van der Waals surface area contributed by atoms with E-state index in [-0.39, 0.29) is 0 Å². The van der Waals surface area contributed by atoms with Gasteiger partial charge in [-0.25, -0.2) is 15.0 Å². The van der Waals surface area contributed by atoms with Crippen molar-refractivity contribution in [3.63, 3.8) is 0 Å². The van der Waals surface area contributed by atoms with Gasteiger partial charge in [0.25, 0.3) is 0 Å². The smallest absolute Gasteiger partial charge is 0.164 e. The molecule has 0 saturated carbocycles. The zero-order chi connectivity index (χ0) is 57.4. The van der Waals surface area contributed by atoms with Crippen molar-refractivity contribution in [2.45, 2.75) is 0 Å². The van der Waals surface area contributed by atoms with Crippen molar-refractivity contribution in [3.8, 4) is 51.0 Å². The van der Waals surface area contributed by atoms with E-state index in [1.165, 1.54) is 0 Å². The van der Waals surface area contributed by atoms with Crippen LogP contribution in [0.4, 0.5) is 0 Å². The predicted octanol–water partition coefficient (Wildman–Crippen LogP) is 11.5. The molecular formula is C45H28N4O. The zero-order valence-electron chi connectivity index (χ0n) is 52.7. The van der Waals surface area contributed by atoms with Gasteiger partial charge < -0.3 is 8.98 Å². The lowest BCUT2D eigenvalue weighted by atomic mass is 10.0. The summed E-state index contributed by atoms with van der Waals surface area (Å²) in [5, 5.41) is -2.22. The monoisotopic (exact) mass is 668 g/mol. The summed E-state index contributed by atoms with van der Waals surface area (Å²) in [4.78, 5) is 12.8. The van der Waals surface area contributed by atoms with Gasteiger partial charge in [0.1, 0.15) is 11.2 Å². The molecule has 0 radical (unpaired) electrons. The van der Waals surface area contributed by atoms with Gasteiger partial charge >= 0.3 is 0 Å². The van der Waals surface area contributed by atoms with Gasteiger partial charge in [-0.15, -0.1) is 0 Å². The Hall–Kier alpha value is -6.85. The molecule has 0 fully saturated rings. The van der Waals surface area contributed by atoms with Crippen molar-refractivity contribution in [3.05, 3.63) is 169 Å². The highest BCUT2D eigenvalue weighted by molar-refractivity contribution is 6.12. The van der Waals surface area contributed by atoms with Gasteiger partial charge in [-0.1, -0.05) is 127 Å². The van der Waals surface area contributed by atoms with Crippen molar-refractivity contribution in [1.29, 1.82) is 0 Å². The molecule has 7 aromatic carbocycles. The van der Waals surface area contributed by atoms with Gasteiger partial charge in [-0.3, -0.25) is 0 Å². The molecule has 0 amide bonds. The average molecular weight is 669 g/mol. The number of para-hydroxylation sites is 2. The van der Waals surface area contributed by atoms with E-state index in [1.807, 2.05) is 0 Å². The lowest BCUT2D eigenvalue weighted by Gasteiger charge is -2.10. The minimum Gasteiger partial charge on any atom is -0.455 e. The van der Waals surface area contributed by atoms with Gasteiger partial charge in [0, 0.05) is 55.5 Å². The summed E-state index contributed by atoms with van der Waals surface area (Å²) in [7, 11) is 0. The van der Waals surface area contributed by atoms with Crippen LogP contribution >= 0.6 is 0 Å². The second-order valence-corrected chi connectivity index (χ2v) is 10.3. The molecule has 3 heterocycles. The summed E-state index contributed by atoms with van der Waals surface area (Å²) >= 11 is 0. The van der Waals surface area contributed by atoms with E-state index < -0.39 is 264 Å². The molecule has 0 bridgehead atoms. The molecule has 50 heavy (non-hydrogen) atoms. The van der Waals surface area contributed by atoms with E-state index in [2.05, 4.69) is 15.0 Å². The van der Waals surface area contributed by atoms with Crippen molar-refractivity contribution >= 4 is 43.7 Å². The number of aromatic nitrogens is 4. The molecule has 3 aromatic heterocycles. The van der Waals surface area contributed by atoms with Crippen LogP contribution in [0.25, 0.3) is 94.7 Å². The minimum absolute atomic E-state index is 0.494. The van der Waals surface area contributed by atoms with E-state index >= 15 is 0 Å². The summed E-state index contributed by atoms with van der Waals surface area (Å²) in [5.41, 5.74) is -6.93. The Bertz CT molecular complexity index is 4320. The van der Waals surface area contributed by atoms with Crippen molar-refractivity contribution in [2.75, 3.05) is 0 Å². The van der Waals surface area contributed by atoms with E-state index in [1.54, 1.807) is 0 Å². The van der Waals surface area contributed by atoms with Gasteiger partial charge in [0.15, 0.2) is 17.5 Å². The quantitative estimate of drug-likeness (QED) is 0.183. The highest BCUT2D eigenvalue weighted by Gasteiger charge is 2.18. The number of nitrogens with zero attached hydrogens (tertiary/aromatic N) is 4. The molecular weight excluding hydrogens is 613 g/mol. The molecule has 0 saturated heterocycles. The molecule has 234 valence electrons. The molecule has 0 aliphatic rings. The minimum atomic E-state index is -1.03. The molecule has 5 nitrogen and oxygen atoms in total. The Kier molecular flexibility index (Phi) is 2.72. The van der Waals surface area contributed by atoms with Crippen molar-refractivity contribution in [2.24, 2.45) is 0 Å². The van der Waals surface area contributed by atoms with E-state index in [0.29, 0.717) is 0 Å². The first-order valence-electron chi connectivity index (χ1n) is 28.4. The van der Waals surface area contributed by atoms with Crippen molar-refractivity contribution in [1.82, 2.24) is 19.5 Å². The third-order valence-corrected chi connectivity index (χ3v) is 7.49. The Morgan fingerprint density at radius 2 is 1.00 bits per heavy atom. The van der Waals surface area contributed by atoms with Gasteiger partial charge in [0.2, 0.25) is 0 Å². The van der Waals surface area contributed by atoms with Crippen LogP contribution in [0.2, 0.25) is 0 Å². The SMILES string of the molecule is [2H]c1c([2H])c([2H])c(-c2nc(-c3c([2H])c([2H])c([2H])c([2H])c3[2H])nc(-c3c([2H])c([2H])c4c(c3[2H])c3c([2H])c([2H])c([2H])c([2H])c3n4-c3c([2H])c([2H])c4c(oc5c(-c6c([2H])c([2H])c([2H])c([2H])c6[2H])c([2H])c([2H])c([2H])c54)c3[2H])n2)c([2H])c1[2H]. The number of benzene rings is 7. The number of hydrogen-bond donors (Lipinski definition) is 0. The van der Waals surface area contributed by atoms with E-state index in [0.717, 1.165) is 4.57 Å². The summed E-state index contributed by atoms with van der Waals surface area (Å²) in [5.74, 6) is -2.48. The van der Waals surface area contributed by atoms with Gasteiger partial charge in [0.05, 0.1) is 49.4 Å². The second kappa shape index (κ2) is 11.4. The molecule has 0 spiro atoms. The lowest BCUT2D eigenvalue weighted by molar-refractivity contribution is 0.669. The molecule has 0 unspecified atom stereocenters. The van der Waals surface area contributed by atoms with Crippen molar-refractivity contribution < 1.29 is 42.8 Å². The maximum atomic E-state index is 9.81. The number of fused-ring (bicyclic) bond motifs is 6. The lowest BCUT2D eigenvalue weighted by Crippen LogP contribution is -2.00. The van der Waals surface area contributed by atoms with Crippen LogP contribution in [0.1, 0.15) is 38.4 Å². The topological polar surface area (TPSA) is 56.7 Å². The zero-order valence-corrected chi connectivity index (χ0v) is 24.7. The summed E-state index contributed by atoms with van der Waals surface area (Å²) in [6.07, 6.45) is 0. The molecule has 0 aliphatic carbocycles. The Labute approximate surface area is 327 Å². The molecule has 0 aliphatic heterocycles. The van der Waals surface area contributed by atoms with E-state index in [9.17, 15) is 11.0 Å². The second-order valence-electron chi connectivity index (χ2n) is 10.3. The Morgan fingerprint density at radius 3 is 1.70 bits per heavy atom. The van der Waals surface area contributed by atoms with E-state index in [4.69, 9.17) is 31.8 Å². The summed E-state index contributed by atoms with van der Waals surface area (Å²) in [6, 6.07) is -24.9. The van der Waals surface area contributed by atoms with Crippen LogP contribution in [0.3, 0.4) is 0 Å². The maximum absolute atomic E-state index is 9.81. The Morgan fingerprint density at radius 1 is 0.420 bits per heavy atom. The molecule has 0 N–H and O–H groups in total. The average Bonchev–Trinajstić information content (AvgIpc) is 4.19. The Balaban J connectivity index is 1.37. The molecule has 10 aromatic rings. The fourth-order valence-corrected chi connectivity index (χ4v) is 5.36. The van der Waals surface area contributed by atoms with Crippen LogP contribution in [0, 0.1) is 0 Å². The number of furan rings is 1. The summed E-state index contributed by atoms with van der Waals surface area (Å²) in [6.45, 7) is 0. The standard InChI is InChI=1S/C45H28N4O/c1-4-13-29(14-5-1)34-20-12-21-37-36-25-24-33(28-41(36)50-42(34)37)49-39-22-11-10-19-35(39)38-27-32(23-26-40(38)49)45-47-43(30-15-6-2-7-16-30)46-44(48-45)31-17-8-3-9-18-31/h1-28H/i1D,2D,3D,4D,5D,6D,7D,8D,9D,10D,11D,12D,13D,14D,15D,16D,17D,18D,19D,20D,21D,22D,23D,24D,25D,26D,27D,28D. The fraction of sp³-hybridized carbons (Fsp3) is 0. The predicted molar refractivity (Wildman–Crippen MR) is 203 cm³/mol. The highest BCUT2D eigenvalue weighted by atomic mass is 16.3. The van der Waals surface area contributed by atoms with Gasteiger partial charge in [-0.05, 0) is 41.8 Å². The largest absolute Gasteiger partial charge is 0.455 e. The third-order valence-electron chi connectivity index (χ3n) is 7.49. The summed E-state index contributed by atoms with van der Waals surface area (Å²) < 4.78 is 253. The third kappa shape index (κ3) is 4.60. The van der Waals surface area contributed by atoms with Crippen LogP contribution in [0.5, 0.6) is 0 Å². The first-order valence-corrected chi connectivity index (χ1v) is 14.4. The normalized spacial score (nSPS) is 19.4. The fourth-order valence-electron chi connectivity index (χ4n) is 5.36. The maximum Gasteiger partial charge on any atom is 0.164 e. The highest BCUT2D eigenvalue weighted by Crippen LogP contribution is 2.39. The van der Waals surface area contributed by atoms with Crippen LogP contribution in [-0.2, 0) is 0 Å². The first-order chi connectivity index (χ1) is 36.4. The molecule has 5 heteroatoms. The van der Waals surface area contributed by atoms with Crippen LogP contribution in [-0.4, -0.2) is 19.5 Å². The number of hydrogen-bond acceptors (Lipinski definition) is 4. The van der Waals surface area contributed by atoms with Gasteiger partial charge in [-0.2, -0.15) is 0 Å². The molecule has 10 rings (SSSR count).